The maximum absolute atomic E-state index is 11.2. The van der Waals surface area contributed by atoms with E-state index in [0.29, 0.717) is 19.4 Å². The van der Waals surface area contributed by atoms with Crippen molar-refractivity contribution in [2.24, 2.45) is 0 Å². The molecule has 2 N–H and O–H groups in total. The predicted octanol–water partition coefficient (Wildman–Crippen LogP) is 4.11. The molecule has 0 amide bonds. The number of nitrogens with zero attached hydrogens (tertiary/aromatic N) is 2. The Hall–Kier alpha value is -2.99. The third-order valence-electron chi connectivity index (χ3n) is 6.44. The van der Waals surface area contributed by atoms with E-state index >= 15 is 0 Å². The zero-order valence-electron chi connectivity index (χ0n) is 18.0. The SMILES string of the molecule is O[C@H](COc1ccc2ccccc2c1)CN1CCC(O)(c2cnc3ccccc3c2)CC1. The van der Waals surface area contributed by atoms with E-state index in [0.717, 1.165) is 40.7 Å². The van der Waals surface area contributed by atoms with Gasteiger partial charge in [0.1, 0.15) is 18.5 Å². The van der Waals surface area contributed by atoms with Gasteiger partial charge in [-0.25, -0.2) is 0 Å². The van der Waals surface area contributed by atoms with Crippen LogP contribution in [0.3, 0.4) is 0 Å². The van der Waals surface area contributed by atoms with Gasteiger partial charge in [-0.1, -0.05) is 48.5 Å². The number of ether oxygens (including phenoxy) is 1. The molecule has 1 atom stereocenters. The maximum atomic E-state index is 11.2. The zero-order chi connectivity index (χ0) is 22.0. The van der Waals surface area contributed by atoms with Crippen LogP contribution in [0.5, 0.6) is 5.75 Å². The summed E-state index contributed by atoms with van der Waals surface area (Å²) in [6.45, 7) is 2.21. The number of fused-ring (bicyclic) bond motifs is 2. The molecule has 1 aliphatic rings. The van der Waals surface area contributed by atoms with Gasteiger partial charge in [-0.2, -0.15) is 0 Å². The van der Waals surface area contributed by atoms with E-state index in [-0.39, 0.29) is 6.61 Å². The molecule has 1 saturated heterocycles. The summed E-state index contributed by atoms with van der Waals surface area (Å²) in [6.07, 6.45) is 2.44. The van der Waals surface area contributed by atoms with Gasteiger partial charge in [-0.3, -0.25) is 4.98 Å². The van der Waals surface area contributed by atoms with E-state index in [9.17, 15) is 10.2 Å². The number of pyridine rings is 1. The number of aliphatic hydroxyl groups excluding tert-OH is 1. The number of para-hydroxylation sites is 1. The third-order valence-corrected chi connectivity index (χ3v) is 6.44. The van der Waals surface area contributed by atoms with Gasteiger partial charge in [-0.05, 0) is 47.9 Å². The topological polar surface area (TPSA) is 65.8 Å². The molecule has 1 aromatic heterocycles. The summed E-state index contributed by atoms with van der Waals surface area (Å²) in [4.78, 5) is 6.70. The lowest BCUT2D eigenvalue weighted by Gasteiger charge is -2.39. The van der Waals surface area contributed by atoms with Crippen LogP contribution in [0.4, 0.5) is 0 Å². The molecule has 2 heterocycles. The molecular weight excluding hydrogens is 400 g/mol. The zero-order valence-corrected chi connectivity index (χ0v) is 18.0. The van der Waals surface area contributed by atoms with Crippen LogP contribution in [0.25, 0.3) is 21.7 Å². The van der Waals surface area contributed by atoms with Gasteiger partial charge >= 0.3 is 0 Å². The number of hydrogen-bond donors (Lipinski definition) is 2. The van der Waals surface area contributed by atoms with Crippen molar-refractivity contribution < 1.29 is 14.9 Å². The standard InChI is InChI=1S/C27H28N2O3/c30-24(19-32-25-10-9-20-5-1-2-6-21(20)16-25)18-29-13-11-27(31,12-14-29)23-15-22-7-3-4-8-26(22)28-17-23/h1-10,15-17,24,30-31H,11-14,18-19H2/t24-/m0/s1. The van der Waals surface area contributed by atoms with E-state index in [1.54, 1.807) is 6.20 Å². The molecule has 0 saturated carbocycles. The van der Waals surface area contributed by atoms with Crippen LogP contribution in [-0.2, 0) is 5.60 Å². The second-order valence-electron chi connectivity index (χ2n) is 8.72. The molecule has 1 aliphatic heterocycles. The first kappa shape index (κ1) is 20.9. The van der Waals surface area contributed by atoms with Crippen molar-refractivity contribution in [1.29, 1.82) is 0 Å². The highest BCUT2D eigenvalue weighted by Gasteiger charge is 2.34. The lowest BCUT2D eigenvalue weighted by atomic mass is 9.84. The molecule has 0 radical (unpaired) electrons. The van der Waals surface area contributed by atoms with E-state index in [1.165, 1.54) is 5.39 Å². The van der Waals surface area contributed by atoms with Gasteiger partial charge in [0, 0.05) is 36.8 Å². The fourth-order valence-electron chi connectivity index (χ4n) is 4.52. The monoisotopic (exact) mass is 428 g/mol. The highest BCUT2D eigenvalue weighted by molar-refractivity contribution is 5.83. The Bertz CT molecular complexity index is 1220. The lowest BCUT2D eigenvalue weighted by molar-refractivity contribution is -0.0373. The molecule has 5 heteroatoms. The highest BCUT2D eigenvalue weighted by atomic mass is 16.5. The number of rotatable bonds is 6. The van der Waals surface area contributed by atoms with Crippen molar-refractivity contribution in [1.82, 2.24) is 9.88 Å². The van der Waals surface area contributed by atoms with Crippen LogP contribution in [0.1, 0.15) is 18.4 Å². The number of aliphatic hydroxyl groups is 2. The second-order valence-corrected chi connectivity index (χ2v) is 8.72. The summed E-state index contributed by atoms with van der Waals surface area (Å²) in [5, 5.41) is 25.1. The first-order valence-corrected chi connectivity index (χ1v) is 11.2. The molecule has 5 nitrogen and oxygen atoms in total. The van der Waals surface area contributed by atoms with Crippen molar-refractivity contribution in [2.45, 2.75) is 24.5 Å². The first-order chi connectivity index (χ1) is 15.6. The smallest absolute Gasteiger partial charge is 0.120 e. The molecule has 0 bridgehead atoms. The fraction of sp³-hybridized carbons (Fsp3) is 0.296. The quantitative estimate of drug-likeness (QED) is 0.484. The molecule has 1 fully saturated rings. The van der Waals surface area contributed by atoms with E-state index < -0.39 is 11.7 Å². The minimum atomic E-state index is -0.875. The van der Waals surface area contributed by atoms with Crippen LogP contribution in [0, 0.1) is 0 Å². The number of β-amino-alcohol motifs (C(OH)–C–C–N with tert-alkyl or cyclic N) is 1. The summed E-state index contributed by atoms with van der Waals surface area (Å²) < 4.78 is 5.83. The molecule has 0 spiro atoms. The van der Waals surface area contributed by atoms with Crippen molar-refractivity contribution in [3.63, 3.8) is 0 Å². The maximum Gasteiger partial charge on any atom is 0.120 e. The summed E-state index contributed by atoms with van der Waals surface area (Å²) in [7, 11) is 0. The van der Waals surface area contributed by atoms with Crippen molar-refractivity contribution in [3.8, 4) is 5.75 Å². The minimum Gasteiger partial charge on any atom is -0.491 e. The number of piperidine rings is 1. The fourth-order valence-corrected chi connectivity index (χ4v) is 4.52. The van der Waals surface area contributed by atoms with Crippen LogP contribution >= 0.6 is 0 Å². The van der Waals surface area contributed by atoms with Crippen molar-refractivity contribution in [3.05, 3.63) is 84.6 Å². The number of aromatic nitrogens is 1. The molecule has 164 valence electrons. The van der Waals surface area contributed by atoms with Crippen LogP contribution in [0.15, 0.2) is 79.0 Å². The second kappa shape index (κ2) is 8.87. The van der Waals surface area contributed by atoms with Gasteiger partial charge in [0.15, 0.2) is 0 Å². The summed E-state index contributed by atoms with van der Waals surface area (Å²) in [5.74, 6) is 0.763. The highest BCUT2D eigenvalue weighted by Crippen LogP contribution is 2.33. The predicted molar refractivity (Wildman–Crippen MR) is 127 cm³/mol. The molecular formula is C27H28N2O3. The summed E-state index contributed by atoms with van der Waals surface area (Å²) in [6, 6.07) is 24.1. The average Bonchev–Trinajstić information content (AvgIpc) is 2.84. The Kier molecular flexibility index (Phi) is 5.79. The molecule has 0 unspecified atom stereocenters. The van der Waals surface area contributed by atoms with E-state index in [2.05, 4.69) is 22.0 Å². The molecule has 3 aromatic carbocycles. The Balaban J connectivity index is 1.15. The molecule has 32 heavy (non-hydrogen) atoms. The Morgan fingerprint density at radius 1 is 0.906 bits per heavy atom. The lowest BCUT2D eigenvalue weighted by Crippen LogP contribution is -2.46. The Morgan fingerprint density at radius 2 is 1.62 bits per heavy atom. The summed E-state index contributed by atoms with van der Waals surface area (Å²) >= 11 is 0. The Morgan fingerprint density at radius 3 is 2.44 bits per heavy atom. The number of hydrogen-bond acceptors (Lipinski definition) is 5. The third kappa shape index (κ3) is 4.46. The molecule has 5 rings (SSSR count). The van der Waals surface area contributed by atoms with E-state index in [1.807, 2.05) is 60.7 Å². The van der Waals surface area contributed by atoms with Gasteiger partial charge in [0.05, 0.1) is 11.1 Å². The Labute approximate surface area is 187 Å². The van der Waals surface area contributed by atoms with Crippen molar-refractivity contribution >= 4 is 21.7 Å². The largest absolute Gasteiger partial charge is 0.491 e. The minimum absolute atomic E-state index is 0.244. The van der Waals surface area contributed by atoms with Gasteiger partial charge in [-0.15, -0.1) is 0 Å². The summed E-state index contributed by atoms with van der Waals surface area (Å²) in [5.41, 5.74) is 0.933. The number of likely N-dealkylation sites (tertiary alicyclic amines) is 1. The number of benzene rings is 3. The normalized spacial score (nSPS) is 17.4. The molecule has 4 aromatic rings. The molecule has 0 aliphatic carbocycles. The van der Waals surface area contributed by atoms with Gasteiger partial charge in [0.25, 0.3) is 0 Å². The van der Waals surface area contributed by atoms with E-state index in [4.69, 9.17) is 4.74 Å². The van der Waals surface area contributed by atoms with Crippen LogP contribution in [-0.4, -0.2) is 52.4 Å². The van der Waals surface area contributed by atoms with Gasteiger partial charge < -0.3 is 19.8 Å². The van der Waals surface area contributed by atoms with Crippen LogP contribution < -0.4 is 4.74 Å². The van der Waals surface area contributed by atoms with Gasteiger partial charge in [0.2, 0.25) is 0 Å². The average molecular weight is 429 g/mol. The van der Waals surface area contributed by atoms with Crippen LogP contribution in [0.2, 0.25) is 0 Å². The van der Waals surface area contributed by atoms with Crippen molar-refractivity contribution in [2.75, 3.05) is 26.2 Å². The first-order valence-electron chi connectivity index (χ1n) is 11.2.